The highest BCUT2D eigenvalue weighted by Crippen LogP contribution is 2.22. The summed E-state index contributed by atoms with van der Waals surface area (Å²) < 4.78 is 27.1. The van der Waals surface area contributed by atoms with Gasteiger partial charge in [0, 0.05) is 28.1 Å². The molecule has 0 bridgehead atoms. The Bertz CT molecular complexity index is 1200. The van der Waals surface area contributed by atoms with Crippen molar-refractivity contribution in [2.45, 2.75) is 19.4 Å². The van der Waals surface area contributed by atoms with Gasteiger partial charge in [0.05, 0.1) is 30.7 Å². The van der Waals surface area contributed by atoms with Gasteiger partial charge in [-0.05, 0) is 30.7 Å². The maximum Gasteiger partial charge on any atom is 0.252 e. The van der Waals surface area contributed by atoms with E-state index in [-0.39, 0.29) is 17.5 Å². The van der Waals surface area contributed by atoms with E-state index in [9.17, 15) is 28.7 Å². The monoisotopic (exact) mass is 397 g/mol. The standard InChI is InChI=1S/C21H17F2N3O3/c1-11-15(21(29)26-17-4-2-3-12(9-24)20(11)17)8-19(28)25-18(10-27)14-6-5-13(22)7-16(14)23/h2-7,18,27H,8,10H2,1H3,(H,25,28)(H,26,29)/t18-/m1/s1. The lowest BCUT2D eigenvalue weighted by Gasteiger charge is -2.18. The molecule has 0 spiro atoms. The van der Waals surface area contributed by atoms with E-state index in [4.69, 9.17) is 0 Å². The van der Waals surface area contributed by atoms with Crippen molar-refractivity contribution in [2.75, 3.05) is 6.61 Å². The summed E-state index contributed by atoms with van der Waals surface area (Å²) in [6.45, 7) is 1.03. The molecule has 6 nitrogen and oxygen atoms in total. The van der Waals surface area contributed by atoms with Crippen LogP contribution >= 0.6 is 0 Å². The van der Waals surface area contributed by atoms with E-state index in [0.29, 0.717) is 28.1 Å². The number of nitrogens with zero attached hydrogens (tertiary/aromatic N) is 1. The number of nitriles is 1. The van der Waals surface area contributed by atoms with Crippen LogP contribution < -0.4 is 10.9 Å². The number of nitrogens with one attached hydrogen (secondary N) is 2. The number of halogens is 2. The maximum absolute atomic E-state index is 14.0. The Balaban J connectivity index is 1.91. The van der Waals surface area contributed by atoms with Gasteiger partial charge >= 0.3 is 0 Å². The van der Waals surface area contributed by atoms with Gasteiger partial charge in [-0.2, -0.15) is 5.26 Å². The smallest absolute Gasteiger partial charge is 0.252 e. The van der Waals surface area contributed by atoms with Crippen molar-refractivity contribution in [1.29, 1.82) is 5.26 Å². The van der Waals surface area contributed by atoms with Crippen molar-refractivity contribution in [2.24, 2.45) is 0 Å². The molecule has 3 rings (SSSR count). The van der Waals surface area contributed by atoms with E-state index in [0.717, 1.165) is 12.1 Å². The van der Waals surface area contributed by atoms with Crippen LogP contribution in [0.2, 0.25) is 0 Å². The van der Waals surface area contributed by atoms with Crippen molar-refractivity contribution in [1.82, 2.24) is 10.3 Å². The maximum atomic E-state index is 14.0. The predicted octanol–water partition coefficient (Wildman–Crippen LogP) is 2.38. The van der Waals surface area contributed by atoms with Gasteiger partial charge in [0.15, 0.2) is 0 Å². The number of aliphatic hydroxyl groups excluding tert-OH is 1. The summed E-state index contributed by atoms with van der Waals surface area (Å²) in [6.07, 6.45) is -0.337. The molecule has 2 aromatic carbocycles. The average molecular weight is 397 g/mol. The molecule has 0 aliphatic carbocycles. The van der Waals surface area contributed by atoms with E-state index in [1.165, 1.54) is 0 Å². The predicted molar refractivity (Wildman–Crippen MR) is 102 cm³/mol. The van der Waals surface area contributed by atoms with Gasteiger partial charge < -0.3 is 15.4 Å². The van der Waals surface area contributed by atoms with Crippen LogP contribution in [0.5, 0.6) is 0 Å². The Morgan fingerprint density at radius 3 is 2.72 bits per heavy atom. The molecule has 29 heavy (non-hydrogen) atoms. The fourth-order valence-electron chi connectivity index (χ4n) is 3.30. The summed E-state index contributed by atoms with van der Waals surface area (Å²) in [5, 5.41) is 21.8. The lowest BCUT2D eigenvalue weighted by atomic mass is 9.98. The third-order valence-corrected chi connectivity index (χ3v) is 4.73. The fourth-order valence-corrected chi connectivity index (χ4v) is 3.30. The number of aryl methyl sites for hydroxylation is 1. The first-order valence-electron chi connectivity index (χ1n) is 8.75. The van der Waals surface area contributed by atoms with Crippen LogP contribution in [0.15, 0.2) is 41.2 Å². The second-order valence-electron chi connectivity index (χ2n) is 6.54. The Morgan fingerprint density at radius 2 is 2.07 bits per heavy atom. The molecule has 0 aliphatic heterocycles. The van der Waals surface area contributed by atoms with Crippen LogP contribution in [0.3, 0.4) is 0 Å². The second-order valence-corrected chi connectivity index (χ2v) is 6.54. The molecule has 1 amide bonds. The Kier molecular flexibility index (Phi) is 5.71. The number of hydrogen-bond donors (Lipinski definition) is 3. The lowest BCUT2D eigenvalue weighted by Crippen LogP contribution is -2.34. The molecule has 0 saturated carbocycles. The first-order chi connectivity index (χ1) is 13.8. The number of carbonyl (C=O) groups excluding carboxylic acids is 1. The summed E-state index contributed by atoms with van der Waals surface area (Å²) in [5.74, 6) is -2.31. The highest BCUT2D eigenvalue weighted by molar-refractivity contribution is 5.90. The second kappa shape index (κ2) is 8.20. The number of amides is 1. The van der Waals surface area contributed by atoms with E-state index >= 15 is 0 Å². The van der Waals surface area contributed by atoms with Gasteiger partial charge in [-0.3, -0.25) is 9.59 Å². The van der Waals surface area contributed by atoms with Crippen molar-refractivity contribution in [3.05, 3.63) is 80.6 Å². The largest absolute Gasteiger partial charge is 0.394 e. The number of fused-ring (bicyclic) bond motifs is 1. The SMILES string of the molecule is Cc1c(CC(=O)N[C@H](CO)c2ccc(F)cc2F)c(=O)[nH]c2cccc(C#N)c12. The van der Waals surface area contributed by atoms with Crippen molar-refractivity contribution >= 4 is 16.8 Å². The van der Waals surface area contributed by atoms with Gasteiger partial charge in [0.2, 0.25) is 5.91 Å². The van der Waals surface area contributed by atoms with Crippen LogP contribution in [-0.2, 0) is 11.2 Å². The van der Waals surface area contributed by atoms with Crippen LogP contribution in [-0.4, -0.2) is 22.6 Å². The minimum atomic E-state index is -1.10. The lowest BCUT2D eigenvalue weighted by molar-refractivity contribution is -0.121. The topological polar surface area (TPSA) is 106 Å². The molecule has 148 valence electrons. The minimum absolute atomic E-state index is 0.0711. The summed E-state index contributed by atoms with van der Waals surface area (Å²) in [6, 6.07) is 8.69. The number of aromatic amines is 1. The average Bonchev–Trinajstić information content (AvgIpc) is 2.69. The van der Waals surface area contributed by atoms with Crippen LogP contribution in [0.25, 0.3) is 10.9 Å². The molecule has 0 aliphatic rings. The zero-order valence-corrected chi connectivity index (χ0v) is 15.4. The van der Waals surface area contributed by atoms with Crippen LogP contribution in [0.1, 0.15) is 28.3 Å². The highest BCUT2D eigenvalue weighted by Gasteiger charge is 2.20. The molecular formula is C21H17F2N3O3. The third-order valence-electron chi connectivity index (χ3n) is 4.73. The molecule has 0 unspecified atom stereocenters. The van der Waals surface area contributed by atoms with Gasteiger partial charge in [0.25, 0.3) is 5.56 Å². The molecular weight excluding hydrogens is 380 g/mol. The van der Waals surface area contributed by atoms with Crippen molar-refractivity contribution in [3.8, 4) is 6.07 Å². The first-order valence-corrected chi connectivity index (χ1v) is 8.75. The summed E-state index contributed by atoms with van der Waals surface area (Å²) >= 11 is 0. The van der Waals surface area contributed by atoms with Gasteiger partial charge in [-0.1, -0.05) is 12.1 Å². The quantitative estimate of drug-likeness (QED) is 0.615. The number of pyridine rings is 1. The molecule has 3 aromatic rings. The molecule has 1 heterocycles. The fraction of sp³-hybridized carbons (Fsp3) is 0.190. The third kappa shape index (κ3) is 4.00. The number of benzene rings is 2. The molecule has 0 fully saturated rings. The number of carbonyl (C=O) groups is 1. The number of aliphatic hydroxyl groups is 1. The van der Waals surface area contributed by atoms with E-state index in [2.05, 4.69) is 16.4 Å². The van der Waals surface area contributed by atoms with Gasteiger partial charge in [0.1, 0.15) is 11.6 Å². The van der Waals surface area contributed by atoms with E-state index < -0.39 is 35.7 Å². The number of rotatable bonds is 5. The molecule has 8 heteroatoms. The van der Waals surface area contributed by atoms with E-state index in [1.807, 2.05) is 0 Å². The van der Waals surface area contributed by atoms with Crippen LogP contribution in [0.4, 0.5) is 8.78 Å². The first kappa shape index (κ1) is 20.2. The number of aromatic nitrogens is 1. The Morgan fingerprint density at radius 1 is 1.31 bits per heavy atom. The molecule has 1 atom stereocenters. The van der Waals surface area contributed by atoms with Gasteiger partial charge in [-0.25, -0.2) is 8.78 Å². The van der Waals surface area contributed by atoms with Gasteiger partial charge in [-0.15, -0.1) is 0 Å². The Labute approximate surface area is 164 Å². The van der Waals surface area contributed by atoms with Crippen LogP contribution in [0, 0.1) is 29.9 Å². The zero-order valence-electron chi connectivity index (χ0n) is 15.4. The summed E-state index contributed by atoms with van der Waals surface area (Å²) in [4.78, 5) is 27.6. The molecule has 0 radical (unpaired) electrons. The molecule has 3 N–H and O–H groups in total. The summed E-state index contributed by atoms with van der Waals surface area (Å²) in [5.41, 5.74) is 0.947. The van der Waals surface area contributed by atoms with Crippen molar-refractivity contribution < 1.29 is 18.7 Å². The minimum Gasteiger partial charge on any atom is -0.394 e. The Hall–Kier alpha value is -3.57. The number of H-pyrrole nitrogens is 1. The molecule has 0 saturated heterocycles. The molecule has 1 aromatic heterocycles. The summed E-state index contributed by atoms with van der Waals surface area (Å²) in [7, 11) is 0. The zero-order chi connectivity index (χ0) is 21.1. The highest BCUT2D eigenvalue weighted by atomic mass is 19.1. The van der Waals surface area contributed by atoms with E-state index in [1.54, 1.807) is 25.1 Å². The normalized spacial score (nSPS) is 11.8. The van der Waals surface area contributed by atoms with Crippen molar-refractivity contribution in [3.63, 3.8) is 0 Å². The number of hydrogen-bond acceptors (Lipinski definition) is 4.